The minimum absolute atomic E-state index is 0.0453. The number of hydrogen-bond donors (Lipinski definition) is 1. The van der Waals surface area contributed by atoms with E-state index in [0.717, 1.165) is 5.69 Å². The van der Waals surface area contributed by atoms with E-state index in [0.29, 0.717) is 16.3 Å². The minimum Gasteiger partial charge on any atom is -0.322 e. The number of nitrogens with zero attached hydrogens (tertiary/aromatic N) is 2. The molecular weight excluding hydrogens is 377 g/mol. The summed E-state index contributed by atoms with van der Waals surface area (Å²) in [4.78, 5) is 30.3. The zero-order chi connectivity index (χ0) is 19.9. The van der Waals surface area contributed by atoms with Gasteiger partial charge in [0.25, 0.3) is 5.91 Å². The summed E-state index contributed by atoms with van der Waals surface area (Å²) in [6.07, 6.45) is 1.45. The Balaban J connectivity index is 1.54. The van der Waals surface area contributed by atoms with Crippen LogP contribution in [0.2, 0.25) is 0 Å². The van der Waals surface area contributed by atoms with Gasteiger partial charge < -0.3 is 10.2 Å². The molecule has 0 fully saturated rings. The zero-order valence-corrected chi connectivity index (χ0v) is 15.9. The van der Waals surface area contributed by atoms with E-state index in [1.807, 2.05) is 30.3 Å². The van der Waals surface area contributed by atoms with Gasteiger partial charge in [-0.15, -0.1) is 0 Å². The first-order chi connectivity index (χ1) is 13.5. The number of benzene rings is 2. The van der Waals surface area contributed by atoms with Crippen LogP contribution in [0.5, 0.6) is 0 Å². The van der Waals surface area contributed by atoms with E-state index in [1.165, 1.54) is 42.2 Å². The Morgan fingerprint density at radius 3 is 2.39 bits per heavy atom. The van der Waals surface area contributed by atoms with Crippen LogP contribution in [-0.4, -0.2) is 29.6 Å². The van der Waals surface area contributed by atoms with Gasteiger partial charge in [-0.25, -0.2) is 9.37 Å². The minimum atomic E-state index is -0.367. The Morgan fingerprint density at radius 1 is 1.04 bits per heavy atom. The number of amides is 2. The standard InChI is InChI=1S/C21H18FN3O2S/c1-25(18-5-3-2-4-6-18)20(26)14-28-19-12-7-15(13-23-19)21(27)24-17-10-8-16(22)9-11-17/h2-13H,14H2,1H3,(H,24,27). The lowest BCUT2D eigenvalue weighted by Crippen LogP contribution is -2.27. The van der Waals surface area contributed by atoms with Crippen LogP contribution in [0.4, 0.5) is 15.8 Å². The van der Waals surface area contributed by atoms with Crippen LogP contribution in [0.25, 0.3) is 0 Å². The molecule has 1 aromatic heterocycles. The molecule has 0 saturated heterocycles. The van der Waals surface area contributed by atoms with Crippen LogP contribution in [0, 0.1) is 5.82 Å². The molecule has 0 bridgehead atoms. The monoisotopic (exact) mass is 395 g/mol. The molecule has 28 heavy (non-hydrogen) atoms. The number of rotatable bonds is 6. The molecule has 142 valence electrons. The molecule has 0 spiro atoms. The number of anilines is 2. The van der Waals surface area contributed by atoms with Gasteiger partial charge in [-0.3, -0.25) is 9.59 Å². The molecule has 0 aliphatic heterocycles. The molecule has 0 atom stereocenters. The van der Waals surface area contributed by atoms with E-state index in [2.05, 4.69) is 10.3 Å². The smallest absolute Gasteiger partial charge is 0.257 e. The third-order valence-corrected chi connectivity index (χ3v) is 4.89. The van der Waals surface area contributed by atoms with Gasteiger partial charge in [0, 0.05) is 24.6 Å². The van der Waals surface area contributed by atoms with Crippen molar-refractivity contribution in [2.75, 3.05) is 23.0 Å². The van der Waals surface area contributed by atoms with Crippen LogP contribution in [-0.2, 0) is 4.79 Å². The quantitative estimate of drug-likeness (QED) is 0.635. The van der Waals surface area contributed by atoms with Crippen molar-refractivity contribution in [3.8, 4) is 0 Å². The first-order valence-corrected chi connectivity index (χ1v) is 9.49. The van der Waals surface area contributed by atoms with E-state index in [-0.39, 0.29) is 23.4 Å². The van der Waals surface area contributed by atoms with Gasteiger partial charge in [-0.2, -0.15) is 0 Å². The first kappa shape index (κ1) is 19.6. The summed E-state index contributed by atoms with van der Waals surface area (Å²) >= 11 is 1.30. The van der Waals surface area contributed by atoms with Gasteiger partial charge in [0.1, 0.15) is 5.82 Å². The summed E-state index contributed by atoms with van der Waals surface area (Å²) in [6.45, 7) is 0. The number of nitrogens with one attached hydrogen (secondary N) is 1. The second-order valence-electron chi connectivity index (χ2n) is 5.92. The van der Waals surface area contributed by atoms with Crippen LogP contribution < -0.4 is 10.2 Å². The Hall–Kier alpha value is -3.19. The average molecular weight is 395 g/mol. The Labute approximate surface area is 166 Å². The molecule has 0 unspecified atom stereocenters. The lowest BCUT2D eigenvalue weighted by Gasteiger charge is -2.16. The first-order valence-electron chi connectivity index (χ1n) is 8.50. The number of thioether (sulfide) groups is 1. The van der Waals surface area contributed by atoms with E-state index < -0.39 is 0 Å². The van der Waals surface area contributed by atoms with Gasteiger partial charge in [-0.1, -0.05) is 30.0 Å². The van der Waals surface area contributed by atoms with E-state index in [1.54, 1.807) is 24.1 Å². The molecule has 1 N–H and O–H groups in total. The molecule has 5 nitrogen and oxygen atoms in total. The second kappa shape index (κ2) is 9.14. The van der Waals surface area contributed by atoms with E-state index in [4.69, 9.17) is 0 Å². The normalized spacial score (nSPS) is 10.4. The maximum absolute atomic E-state index is 12.9. The SMILES string of the molecule is CN(C(=O)CSc1ccc(C(=O)Nc2ccc(F)cc2)cn1)c1ccccc1. The average Bonchev–Trinajstić information content (AvgIpc) is 2.74. The molecule has 0 saturated carbocycles. The van der Waals surface area contributed by atoms with Gasteiger partial charge >= 0.3 is 0 Å². The lowest BCUT2D eigenvalue weighted by atomic mass is 10.2. The molecule has 0 aliphatic rings. The maximum atomic E-state index is 12.9. The number of para-hydroxylation sites is 1. The molecular formula is C21H18FN3O2S. The van der Waals surface area contributed by atoms with Gasteiger partial charge in [0.05, 0.1) is 16.3 Å². The van der Waals surface area contributed by atoms with Crippen LogP contribution in [0.15, 0.2) is 78.0 Å². The third-order valence-electron chi connectivity index (χ3n) is 3.96. The highest BCUT2D eigenvalue weighted by Gasteiger charge is 2.12. The van der Waals surface area contributed by atoms with Crippen molar-refractivity contribution >= 4 is 35.0 Å². The van der Waals surface area contributed by atoms with E-state index in [9.17, 15) is 14.0 Å². The second-order valence-corrected chi connectivity index (χ2v) is 6.92. The summed E-state index contributed by atoms with van der Waals surface area (Å²) in [6, 6.07) is 18.2. The summed E-state index contributed by atoms with van der Waals surface area (Å²) in [5.41, 5.74) is 1.70. The highest BCUT2D eigenvalue weighted by atomic mass is 32.2. The topological polar surface area (TPSA) is 62.3 Å². The fourth-order valence-corrected chi connectivity index (χ4v) is 3.12. The number of pyridine rings is 1. The molecule has 3 aromatic rings. The van der Waals surface area contributed by atoms with Crippen molar-refractivity contribution in [3.63, 3.8) is 0 Å². The van der Waals surface area contributed by atoms with Crippen LogP contribution in [0.3, 0.4) is 0 Å². The van der Waals surface area contributed by atoms with Crippen molar-refractivity contribution in [2.24, 2.45) is 0 Å². The fourth-order valence-electron chi connectivity index (χ4n) is 2.36. The molecule has 2 amide bonds. The van der Waals surface area contributed by atoms with Crippen LogP contribution in [0.1, 0.15) is 10.4 Å². The third kappa shape index (κ3) is 5.17. The van der Waals surface area contributed by atoms with Crippen molar-refractivity contribution in [2.45, 2.75) is 5.03 Å². The number of halogens is 1. The lowest BCUT2D eigenvalue weighted by molar-refractivity contribution is -0.115. The van der Waals surface area contributed by atoms with Crippen molar-refractivity contribution in [1.82, 2.24) is 4.98 Å². The highest BCUT2D eigenvalue weighted by Crippen LogP contribution is 2.19. The number of carbonyl (C=O) groups excluding carboxylic acids is 2. The predicted molar refractivity (Wildman–Crippen MR) is 109 cm³/mol. The largest absolute Gasteiger partial charge is 0.322 e. The Bertz CT molecular complexity index is 948. The van der Waals surface area contributed by atoms with E-state index >= 15 is 0 Å². The summed E-state index contributed by atoms with van der Waals surface area (Å²) in [7, 11) is 1.73. The predicted octanol–water partition coefficient (Wildman–Crippen LogP) is 4.23. The van der Waals surface area contributed by atoms with Gasteiger partial charge in [0.15, 0.2) is 0 Å². The molecule has 2 aromatic carbocycles. The number of aromatic nitrogens is 1. The maximum Gasteiger partial charge on any atom is 0.257 e. The molecule has 0 aliphatic carbocycles. The summed E-state index contributed by atoms with van der Waals surface area (Å²) in [5.74, 6) is -0.514. The Morgan fingerprint density at radius 2 is 1.75 bits per heavy atom. The van der Waals surface area contributed by atoms with Crippen molar-refractivity contribution in [3.05, 3.63) is 84.3 Å². The van der Waals surface area contributed by atoms with Crippen LogP contribution >= 0.6 is 11.8 Å². The van der Waals surface area contributed by atoms with Gasteiger partial charge in [0.2, 0.25) is 5.91 Å². The number of hydrogen-bond acceptors (Lipinski definition) is 4. The summed E-state index contributed by atoms with van der Waals surface area (Å²) in [5, 5.41) is 3.32. The van der Waals surface area contributed by atoms with Crippen molar-refractivity contribution < 1.29 is 14.0 Å². The molecule has 1 heterocycles. The fraction of sp³-hybridized carbons (Fsp3) is 0.0952. The Kier molecular flexibility index (Phi) is 6.39. The van der Waals surface area contributed by atoms with Crippen molar-refractivity contribution in [1.29, 1.82) is 0 Å². The van der Waals surface area contributed by atoms with Gasteiger partial charge in [-0.05, 0) is 48.5 Å². The zero-order valence-electron chi connectivity index (χ0n) is 15.1. The highest BCUT2D eigenvalue weighted by molar-refractivity contribution is 7.99. The molecule has 3 rings (SSSR count). The molecule has 7 heteroatoms. The molecule has 0 radical (unpaired) electrons. The summed E-state index contributed by atoms with van der Waals surface area (Å²) < 4.78 is 12.9. The number of carbonyl (C=O) groups is 2.